The van der Waals surface area contributed by atoms with Crippen molar-refractivity contribution in [1.82, 2.24) is 10.2 Å². The Hall–Kier alpha value is -3.56. The molecular formula is C21H21F3N4O3. The molecule has 0 unspecified atom stereocenters. The van der Waals surface area contributed by atoms with Crippen molar-refractivity contribution < 1.29 is 27.6 Å². The Morgan fingerprint density at radius 3 is 2.39 bits per heavy atom. The smallest absolute Gasteiger partial charge is 0.336 e. The molecule has 0 aliphatic carbocycles. The summed E-state index contributed by atoms with van der Waals surface area (Å²) in [6, 6.07) is 10.8. The second kappa shape index (κ2) is 9.07. The molecule has 0 atom stereocenters. The Bertz CT molecular complexity index is 977. The minimum absolute atomic E-state index is 0.184. The monoisotopic (exact) mass is 434 g/mol. The molecule has 0 saturated carbocycles. The van der Waals surface area contributed by atoms with Gasteiger partial charge in [0.15, 0.2) is 0 Å². The number of nitrogens with one attached hydrogen (secondary N) is 2. The second-order valence-electron chi connectivity index (χ2n) is 6.84. The SMILES string of the molecule is CCN(CC(=O)Nc1ccccc1C(F)(F)F)C(=O)c1ccc(N2CCNC2=O)cc1. The van der Waals surface area contributed by atoms with Crippen LogP contribution in [0.4, 0.5) is 29.3 Å². The summed E-state index contributed by atoms with van der Waals surface area (Å²) in [5, 5.41) is 4.92. The van der Waals surface area contributed by atoms with E-state index in [1.165, 1.54) is 21.9 Å². The fraction of sp³-hybridized carbons (Fsp3) is 0.286. The first-order chi connectivity index (χ1) is 14.7. The van der Waals surface area contributed by atoms with Crippen LogP contribution in [0.3, 0.4) is 0 Å². The first kappa shape index (κ1) is 22.1. The zero-order chi connectivity index (χ0) is 22.6. The number of rotatable bonds is 6. The molecule has 2 aromatic carbocycles. The highest BCUT2D eigenvalue weighted by Crippen LogP contribution is 2.34. The van der Waals surface area contributed by atoms with Crippen LogP contribution in [0.15, 0.2) is 48.5 Å². The first-order valence-electron chi connectivity index (χ1n) is 9.61. The van der Waals surface area contributed by atoms with Gasteiger partial charge in [-0.1, -0.05) is 12.1 Å². The van der Waals surface area contributed by atoms with E-state index in [4.69, 9.17) is 0 Å². The Morgan fingerprint density at radius 1 is 1.13 bits per heavy atom. The van der Waals surface area contributed by atoms with E-state index in [1.807, 2.05) is 0 Å². The zero-order valence-electron chi connectivity index (χ0n) is 16.7. The summed E-state index contributed by atoms with van der Waals surface area (Å²) in [4.78, 5) is 39.6. The van der Waals surface area contributed by atoms with Crippen LogP contribution in [-0.2, 0) is 11.0 Å². The first-order valence-corrected chi connectivity index (χ1v) is 9.61. The molecule has 2 aromatic rings. The van der Waals surface area contributed by atoms with Gasteiger partial charge in [-0.15, -0.1) is 0 Å². The number of amides is 4. The van der Waals surface area contributed by atoms with Gasteiger partial charge in [0.2, 0.25) is 5.91 Å². The largest absolute Gasteiger partial charge is 0.418 e. The maximum absolute atomic E-state index is 13.1. The number of halogens is 3. The van der Waals surface area contributed by atoms with Crippen LogP contribution in [0.2, 0.25) is 0 Å². The normalized spacial score (nSPS) is 13.7. The van der Waals surface area contributed by atoms with E-state index in [1.54, 1.807) is 31.2 Å². The van der Waals surface area contributed by atoms with Gasteiger partial charge in [-0.05, 0) is 43.3 Å². The number of alkyl halides is 3. The number of hydrogen-bond acceptors (Lipinski definition) is 3. The molecule has 164 valence electrons. The molecule has 7 nitrogen and oxygen atoms in total. The summed E-state index contributed by atoms with van der Waals surface area (Å²) in [6.45, 7) is 2.50. The number of urea groups is 1. The lowest BCUT2D eigenvalue weighted by Gasteiger charge is -2.22. The molecule has 10 heteroatoms. The topological polar surface area (TPSA) is 81.8 Å². The third-order valence-electron chi connectivity index (χ3n) is 4.79. The Morgan fingerprint density at radius 2 is 1.81 bits per heavy atom. The van der Waals surface area contributed by atoms with E-state index in [9.17, 15) is 27.6 Å². The molecule has 0 aromatic heterocycles. The molecule has 4 amide bonds. The average molecular weight is 434 g/mol. The number of hydrogen-bond donors (Lipinski definition) is 2. The number of likely N-dealkylation sites (N-methyl/N-ethyl adjacent to an activating group) is 1. The molecule has 0 bridgehead atoms. The summed E-state index contributed by atoms with van der Waals surface area (Å²) in [5.41, 5.74) is -0.388. The van der Waals surface area contributed by atoms with Crippen molar-refractivity contribution in [3.8, 4) is 0 Å². The van der Waals surface area contributed by atoms with Gasteiger partial charge >= 0.3 is 12.2 Å². The summed E-state index contributed by atoms with van der Waals surface area (Å²) < 4.78 is 39.3. The van der Waals surface area contributed by atoms with E-state index in [-0.39, 0.29) is 18.3 Å². The van der Waals surface area contributed by atoms with Crippen LogP contribution < -0.4 is 15.5 Å². The third-order valence-corrected chi connectivity index (χ3v) is 4.79. The molecule has 0 spiro atoms. The fourth-order valence-electron chi connectivity index (χ4n) is 3.21. The van der Waals surface area contributed by atoms with Gasteiger partial charge in [0.25, 0.3) is 5.91 Å². The maximum atomic E-state index is 13.1. The van der Waals surface area contributed by atoms with E-state index >= 15 is 0 Å². The standard InChI is InChI=1S/C21H21F3N4O3/c1-2-27(13-18(29)26-17-6-4-3-5-16(17)21(22,23)24)19(30)14-7-9-15(10-8-14)28-12-11-25-20(28)31/h3-10H,2,11-13H2,1H3,(H,25,31)(H,26,29). The molecule has 1 fully saturated rings. The van der Waals surface area contributed by atoms with Crippen molar-refractivity contribution in [3.05, 3.63) is 59.7 Å². The Labute approximate surface area is 176 Å². The lowest BCUT2D eigenvalue weighted by Crippen LogP contribution is -2.38. The average Bonchev–Trinajstić information content (AvgIpc) is 3.17. The highest BCUT2D eigenvalue weighted by Gasteiger charge is 2.33. The van der Waals surface area contributed by atoms with Gasteiger partial charge in [0.1, 0.15) is 6.54 Å². The van der Waals surface area contributed by atoms with Gasteiger partial charge in [-0.3, -0.25) is 14.5 Å². The molecule has 3 rings (SSSR count). The lowest BCUT2D eigenvalue weighted by atomic mass is 10.1. The second-order valence-corrected chi connectivity index (χ2v) is 6.84. The van der Waals surface area contributed by atoms with Gasteiger partial charge in [0, 0.05) is 30.9 Å². The number of carbonyl (C=O) groups excluding carboxylic acids is 3. The molecular weight excluding hydrogens is 413 g/mol. The summed E-state index contributed by atoms with van der Waals surface area (Å²) in [5.74, 6) is -1.18. The third kappa shape index (κ3) is 5.14. The summed E-state index contributed by atoms with van der Waals surface area (Å²) in [7, 11) is 0. The minimum atomic E-state index is -4.61. The lowest BCUT2D eigenvalue weighted by molar-refractivity contribution is -0.137. The zero-order valence-corrected chi connectivity index (χ0v) is 16.7. The quantitative estimate of drug-likeness (QED) is 0.732. The highest BCUT2D eigenvalue weighted by molar-refractivity contribution is 6.00. The number of anilines is 2. The van der Waals surface area contributed by atoms with Crippen LogP contribution in [-0.4, -0.2) is 48.9 Å². The minimum Gasteiger partial charge on any atom is -0.336 e. The van der Waals surface area contributed by atoms with Crippen molar-refractivity contribution in [2.45, 2.75) is 13.1 Å². The van der Waals surface area contributed by atoms with E-state index in [2.05, 4.69) is 10.6 Å². The molecule has 1 aliphatic rings. The van der Waals surface area contributed by atoms with Gasteiger partial charge < -0.3 is 15.5 Å². The van der Waals surface area contributed by atoms with Crippen molar-refractivity contribution >= 4 is 29.2 Å². The van der Waals surface area contributed by atoms with E-state index in [0.29, 0.717) is 24.3 Å². The number of carbonyl (C=O) groups is 3. The number of nitrogens with zero attached hydrogens (tertiary/aromatic N) is 2. The highest BCUT2D eigenvalue weighted by atomic mass is 19.4. The number of para-hydroxylation sites is 1. The van der Waals surface area contributed by atoms with Crippen molar-refractivity contribution in [2.75, 3.05) is 36.4 Å². The van der Waals surface area contributed by atoms with Crippen LogP contribution in [0.25, 0.3) is 0 Å². The molecule has 31 heavy (non-hydrogen) atoms. The van der Waals surface area contributed by atoms with Crippen molar-refractivity contribution in [3.63, 3.8) is 0 Å². The molecule has 2 N–H and O–H groups in total. The fourth-order valence-corrected chi connectivity index (χ4v) is 3.21. The van der Waals surface area contributed by atoms with Crippen LogP contribution in [0.5, 0.6) is 0 Å². The summed E-state index contributed by atoms with van der Waals surface area (Å²) in [6.07, 6.45) is -4.61. The molecule has 0 radical (unpaired) electrons. The maximum Gasteiger partial charge on any atom is 0.418 e. The Balaban J connectivity index is 1.67. The van der Waals surface area contributed by atoms with E-state index in [0.717, 1.165) is 12.1 Å². The summed E-state index contributed by atoms with van der Waals surface area (Å²) >= 11 is 0. The predicted octanol–water partition coefficient (Wildman–Crippen LogP) is 3.34. The van der Waals surface area contributed by atoms with Crippen LogP contribution >= 0.6 is 0 Å². The predicted molar refractivity (Wildman–Crippen MR) is 109 cm³/mol. The molecule has 1 aliphatic heterocycles. The van der Waals surface area contributed by atoms with E-state index < -0.39 is 30.1 Å². The van der Waals surface area contributed by atoms with Crippen LogP contribution in [0, 0.1) is 0 Å². The number of benzene rings is 2. The van der Waals surface area contributed by atoms with Crippen molar-refractivity contribution in [1.29, 1.82) is 0 Å². The Kier molecular flexibility index (Phi) is 6.47. The van der Waals surface area contributed by atoms with Gasteiger partial charge in [-0.2, -0.15) is 13.2 Å². The van der Waals surface area contributed by atoms with Crippen LogP contribution in [0.1, 0.15) is 22.8 Å². The van der Waals surface area contributed by atoms with Gasteiger partial charge in [-0.25, -0.2) is 4.79 Å². The molecule has 1 heterocycles. The van der Waals surface area contributed by atoms with Crippen molar-refractivity contribution in [2.24, 2.45) is 0 Å². The van der Waals surface area contributed by atoms with Gasteiger partial charge in [0.05, 0.1) is 11.3 Å². The molecule has 1 saturated heterocycles.